The minimum atomic E-state index is -0.400. The van der Waals surface area contributed by atoms with Crippen LogP contribution in [0.3, 0.4) is 0 Å². The minimum Gasteiger partial charge on any atom is -0.333 e. The molecule has 0 aliphatic heterocycles. The maximum atomic E-state index is 13.9. The number of aromatic nitrogens is 2. The Hall–Kier alpha value is -3.46. The first-order valence-electron chi connectivity index (χ1n) is 8.71. The van der Waals surface area contributed by atoms with Gasteiger partial charge in [-0.3, -0.25) is 4.79 Å². The SMILES string of the molecule is CCCN(Cc1ccc(C#N)cc1)C(=O)c1ccn(-c2ccccc2F)n1. The van der Waals surface area contributed by atoms with Crippen LogP contribution in [-0.4, -0.2) is 27.1 Å². The van der Waals surface area contributed by atoms with Crippen LogP contribution in [0.1, 0.15) is 35.0 Å². The van der Waals surface area contributed by atoms with E-state index in [1.54, 1.807) is 47.5 Å². The first-order valence-corrected chi connectivity index (χ1v) is 8.71. The van der Waals surface area contributed by atoms with E-state index in [9.17, 15) is 9.18 Å². The summed E-state index contributed by atoms with van der Waals surface area (Å²) in [7, 11) is 0. The van der Waals surface area contributed by atoms with Gasteiger partial charge in [-0.05, 0) is 42.3 Å². The summed E-state index contributed by atoms with van der Waals surface area (Å²) >= 11 is 0. The van der Waals surface area contributed by atoms with Crippen LogP contribution in [0.15, 0.2) is 60.8 Å². The second kappa shape index (κ2) is 8.28. The highest BCUT2D eigenvalue weighted by molar-refractivity contribution is 5.92. The Bertz CT molecular complexity index is 972. The van der Waals surface area contributed by atoms with E-state index in [2.05, 4.69) is 11.2 Å². The Labute approximate surface area is 157 Å². The lowest BCUT2D eigenvalue weighted by Gasteiger charge is -2.21. The van der Waals surface area contributed by atoms with Gasteiger partial charge in [-0.2, -0.15) is 10.4 Å². The zero-order chi connectivity index (χ0) is 19.2. The highest BCUT2D eigenvalue weighted by Crippen LogP contribution is 2.15. The quantitative estimate of drug-likeness (QED) is 0.667. The number of hydrogen-bond acceptors (Lipinski definition) is 3. The molecule has 3 aromatic rings. The molecule has 0 spiro atoms. The molecule has 1 aromatic heterocycles. The molecule has 0 saturated heterocycles. The van der Waals surface area contributed by atoms with Crippen molar-refractivity contribution in [3.63, 3.8) is 0 Å². The predicted octanol–water partition coefficient (Wildman–Crippen LogP) is 3.94. The standard InChI is InChI=1S/C21H19FN4O/c1-2-12-25(15-17-9-7-16(14-23)8-10-17)21(27)19-11-13-26(24-19)20-6-4-3-5-18(20)22/h3-11,13H,2,12,15H2,1H3. The van der Waals surface area contributed by atoms with Crippen LogP contribution in [0.4, 0.5) is 4.39 Å². The first kappa shape index (κ1) is 18.3. The molecular weight excluding hydrogens is 343 g/mol. The third-order valence-corrected chi connectivity index (χ3v) is 4.14. The zero-order valence-corrected chi connectivity index (χ0v) is 15.0. The summed E-state index contributed by atoms with van der Waals surface area (Å²) in [6, 6.07) is 17.1. The van der Waals surface area contributed by atoms with E-state index in [1.165, 1.54) is 10.7 Å². The normalized spacial score (nSPS) is 10.4. The predicted molar refractivity (Wildman–Crippen MR) is 99.7 cm³/mol. The van der Waals surface area contributed by atoms with E-state index in [1.807, 2.05) is 19.1 Å². The van der Waals surface area contributed by atoms with Crippen molar-refractivity contribution in [2.45, 2.75) is 19.9 Å². The molecule has 0 unspecified atom stereocenters. The van der Waals surface area contributed by atoms with Gasteiger partial charge in [0, 0.05) is 19.3 Å². The summed E-state index contributed by atoms with van der Waals surface area (Å²) in [5.41, 5.74) is 2.08. The topological polar surface area (TPSA) is 61.9 Å². The van der Waals surface area contributed by atoms with Gasteiger partial charge in [-0.15, -0.1) is 0 Å². The number of benzene rings is 2. The molecular formula is C21H19FN4O. The van der Waals surface area contributed by atoms with E-state index in [-0.39, 0.29) is 11.6 Å². The Morgan fingerprint density at radius 3 is 2.59 bits per heavy atom. The number of rotatable bonds is 6. The summed E-state index contributed by atoms with van der Waals surface area (Å²) in [4.78, 5) is 14.6. The van der Waals surface area contributed by atoms with Gasteiger partial charge in [0.15, 0.2) is 5.69 Å². The average molecular weight is 362 g/mol. The molecule has 0 radical (unpaired) electrons. The van der Waals surface area contributed by atoms with Crippen molar-refractivity contribution in [3.05, 3.63) is 83.4 Å². The van der Waals surface area contributed by atoms with Crippen LogP contribution in [0, 0.1) is 17.1 Å². The Morgan fingerprint density at radius 1 is 1.19 bits per heavy atom. The fourth-order valence-corrected chi connectivity index (χ4v) is 2.80. The molecule has 1 heterocycles. The summed E-state index contributed by atoms with van der Waals surface area (Å²) in [5, 5.41) is 13.2. The molecule has 27 heavy (non-hydrogen) atoms. The fraction of sp³-hybridized carbons (Fsp3) is 0.190. The Morgan fingerprint density at radius 2 is 1.93 bits per heavy atom. The molecule has 0 N–H and O–H groups in total. The fourth-order valence-electron chi connectivity index (χ4n) is 2.80. The number of halogens is 1. The molecule has 1 amide bonds. The van der Waals surface area contributed by atoms with Crippen molar-refractivity contribution in [3.8, 4) is 11.8 Å². The zero-order valence-electron chi connectivity index (χ0n) is 15.0. The highest BCUT2D eigenvalue weighted by Gasteiger charge is 2.19. The van der Waals surface area contributed by atoms with Gasteiger partial charge in [0.25, 0.3) is 5.91 Å². The first-order chi connectivity index (χ1) is 13.1. The molecule has 0 bridgehead atoms. The van der Waals surface area contributed by atoms with Gasteiger partial charge in [0.05, 0.1) is 11.6 Å². The highest BCUT2D eigenvalue weighted by atomic mass is 19.1. The van der Waals surface area contributed by atoms with E-state index in [0.717, 1.165) is 12.0 Å². The van der Waals surface area contributed by atoms with Gasteiger partial charge in [-0.25, -0.2) is 9.07 Å². The maximum Gasteiger partial charge on any atom is 0.274 e. The molecule has 3 rings (SSSR count). The molecule has 0 aliphatic carbocycles. The number of amides is 1. The summed E-state index contributed by atoms with van der Waals surface area (Å²) in [6.07, 6.45) is 2.38. The van der Waals surface area contributed by atoms with Gasteiger partial charge < -0.3 is 4.90 Å². The lowest BCUT2D eigenvalue weighted by molar-refractivity contribution is 0.0736. The van der Waals surface area contributed by atoms with Crippen molar-refractivity contribution in [1.82, 2.24) is 14.7 Å². The van der Waals surface area contributed by atoms with E-state index in [4.69, 9.17) is 5.26 Å². The van der Waals surface area contributed by atoms with Gasteiger partial charge in [0.2, 0.25) is 0 Å². The third kappa shape index (κ3) is 4.21. The van der Waals surface area contributed by atoms with Crippen LogP contribution in [0.2, 0.25) is 0 Å². The largest absolute Gasteiger partial charge is 0.333 e. The van der Waals surface area contributed by atoms with Crippen LogP contribution in [0.5, 0.6) is 0 Å². The maximum absolute atomic E-state index is 13.9. The smallest absolute Gasteiger partial charge is 0.274 e. The number of carbonyl (C=O) groups excluding carboxylic acids is 1. The number of hydrogen-bond donors (Lipinski definition) is 0. The summed E-state index contributed by atoms with van der Waals surface area (Å²) in [5.74, 6) is -0.612. The van der Waals surface area contributed by atoms with Gasteiger partial charge in [-0.1, -0.05) is 31.2 Å². The molecule has 0 fully saturated rings. The molecule has 2 aromatic carbocycles. The van der Waals surface area contributed by atoms with Crippen LogP contribution >= 0.6 is 0 Å². The third-order valence-electron chi connectivity index (χ3n) is 4.14. The van der Waals surface area contributed by atoms with Gasteiger partial charge >= 0.3 is 0 Å². The van der Waals surface area contributed by atoms with Crippen molar-refractivity contribution in [2.75, 3.05) is 6.54 Å². The Kier molecular flexibility index (Phi) is 5.62. The second-order valence-corrected chi connectivity index (χ2v) is 6.13. The molecule has 0 saturated carbocycles. The lowest BCUT2D eigenvalue weighted by atomic mass is 10.1. The average Bonchev–Trinajstić information content (AvgIpc) is 3.18. The van der Waals surface area contributed by atoms with Crippen LogP contribution < -0.4 is 0 Å². The van der Waals surface area contributed by atoms with E-state index >= 15 is 0 Å². The van der Waals surface area contributed by atoms with Crippen molar-refractivity contribution >= 4 is 5.91 Å². The van der Waals surface area contributed by atoms with Crippen LogP contribution in [-0.2, 0) is 6.54 Å². The molecule has 0 atom stereocenters. The monoisotopic (exact) mass is 362 g/mol. The number of carbonyl (C=O) groups is 1. The number of para-hydroxylation sites is 1. The molecule has 6 heteroatoms. The number of nitriles is 1. The minimum absolute atomic E-state index is 0.212. The molecule has 5 nitrogen and oxygen atoms in total. The summed E-state index contributed by atoms with van der Waals surface area (Å²) in [6.45, 7) is 2.99. The Balaban J connectivity index is 1.80. The van der Waals surface area contributed by atoms with Crippen molar-refractivity contribution in [1.29, 1.82) is 5.26 Å². The number of nitrogens with zero attached hydrogens (tertiary/aromatic N) is 4. The van der Waals surface area contributed by atoms with E-state index < -0.39 is 5.82 Å². The van der Waals surface area contributed by atoms with Crippen LogP contribution in [0.25, 0.3) is 5.69 Å². The molecule has 136 valence electrons. The molecule has 0 aliphatic rings. The van der Waals surface area contributed by atoms with Crippen molar-refractivity contribution in [2.24, 2.45) is 0 Å². The lowest BCUT2D eigenvalue weighted by Crippen LogP contribution is -2.31. The van der Waals surface area contributed by atoms with Gasteiger partial charge in [0.1, 0.15) is 11.5 Å². The van der Waals surface area contributed by atoms with E-state index in [0.29, 0.717) is 24.3 Å². The second-order valence-electron chi connectivity index (χ2n) is 6.13. The van der Waals surface area contributed by atoms with Crippen molar-refractivity contribution < 1.29 is 9.18 Å². The summed E-state index contributed by atoms with van der Waals surface area (Å²) < 4.78 is 15.3.